The van der Waals surface area contributed by atoms with E-state index in [2.05, 4.69) is 29.3 Å². The molecule has 0 radical (unpaired) electrons. The first-order chi connectivity index (χ1) is 3.91. The van der Waals surface area contributed by atoms with E-state index in [4.69, 9.17) is 0 Å². The molecule has 0 spiro atoms. The van der Waals surface area contributed by atoms with Gasteiger partial charge < -0.3 is 0 Å². The minimum Gasteiger partial charge on any atom is -0.203 e. The van der Waals surface area contributed by atoms with Gasteiger partial charge in [0.15, 0.2) is 0 Å². The molecule has 0 heterocycles. The molecule has 0 amide bonds. The molecule has 0 unspecified atom stereocenters. The minimum absolute atomic E-state index is 1.07. The van der Waals surface area contributed by atoms with Crippen molar-refractivity contribution in [2.75, 3.05) is 0 Å². The number of aliphatic imine (C=N–C) groups is 1. The summed E-state index contributed by atoms with van der Waals surface area (Å²) in [5.74, 6) is 0. The summed E-state index contributed by atoms with van der Waals surface area (Å²) in [6, 6.07) is 0. The zero-order chi connectivity index (χ0) is 6.24. The fourth-order valence-corrected chi connectivity index (χ4v) is 0.385. The van der Waals surface area contributed by atoms with Gasteiger partial charge >= 0.3 is 0 Å². The van der Waals surface area contributed by atoms with Crippen LogP contribution >= 0.6 is 12.2 Å². The maximum absolute atomic E-state index is 4.33. The van der Waals surface area contributed by atoms with Gasteiger partial charge in [-0.2, -0.15) is 0 Å². The quantitative estimate of drug-likeness (QED) is 0.419. The zero-order valence-corrected chi connectivity index (χ0v) is 5.74. The molecule has 0 aromatic heterocycles. The Balaban J connectivity index is 3.20. The van der Waals surface area contributed by atoms with E-state index in [0.29, 0.717) is 0 Å². The molecular formula is C6H9NS. The molecule has 0 aliphatic rings. The fourth-order valence-electron chi connectivity index (χ4n) is 0.324. The lowest BCUT2D eigenvalue weighted by Gasteiger charge is -1.76. The van der Waals surface area contributed by atoms with E-state index in [0.717, 1.165) is 12.8 Å². The normalized spacial score (nSPS) is 9.12. The number of hydrogen-bond donors (Lipinski definition) is 0. The van der Waals surface area contributed by atoms with Gasteiger partial charge in [0.1, 0.15) is 0 Å². The van der Waals surface area contributed by atoms with Crippen LogP contribution in [0.25, 0.3) is 0 Å². The van der Waals surface area contributed by atoms with Crippen LogP contribution in [0.1, 0.15) is 19.8 Å². The van der Waals surface area contributed by atoms with Crippen molar-refractivity contribution >= 4 is 17.4 Å². The first-order valence-corrected chi connectivity index (χ1v) is 3.04. The Hall–Kier alpha value is -0.460. The summed E-state index contributed by atoms with van der Waals surface area (Å²) in [7, 11) is 0. The van der Waals surface area contributed by atoms with Crippen molar-refractivity contribution in [2.45, 2.75) is 19.8 Å². The van der Waals surface area contributed by atoms with Gasteiger partial charge in [-0.1, -0.05) is 19.4 Å². The predicted molar refractivity (Wildman–Crippen MR) is 39.1 cm³/mol. The molecular weight excluding hydrogens is 118 g/mol. The second-order valence-corrected chi connectivity index (χ2v) is 1.58. The Bertz CT molecular complexity index is 112. The van der Waals surface area contributed by atoms with Crippen molar-refractivity contribution in [3.63, 3.8) is 0 Å². The molecule has 0 aromatic rings. The van der Waals surface area contributed by atoms with Crippen molar-refractivity contribution in [1.82, 2.24) is 0 Å². The molecule has 2 heteroatoms. The number of isothiocyanates is 1. The predicted octanol–water partition coefficient (Wildman–Crippen LogP) is 2.40. The Morgan fingerprint density at radius 3 is 3.00 bits per heavy atom. The summed E-state index contributed by atoms with van der Waals surface area (Å²) in [4.78, 5) is 3.59. The molecule has 0 aromatic carbocycles. The minimum atomic E-state index is 1.07. The molecule has 0 saturated heterocycles. The summed E-state index contributed by atoms with van der Waals surface area (Å²) < 4.78 is 0. The first-order valence-electron chi connectivity index (χ1n) is 2.63. The van der Waals surface area contributed by atoms with Crippen LogP contribution in [0.4, 0.5) is 0 Å². The van der Waals surface area contributed by atoms with Crippen LogP contribution in [-0.2, 0) is 0 Å². The van der Waals surface area contributed by atoms with Crippen LogP contribution in [0, 0.1) is 0 Å². The summed E-state index contributed by atoms with van der Waals surface area (Å²) in [5.41, 5.74) is 0. The van der Waals surface area contributed by atoms with Crippen LogP contribution < -0.4 is 0 Å². The second kappa shape index (κ2) is 6.54. The average molecular weight is 127 g/mol. The Morgan fingerprint density at radius 2 is 2.50 bits per heavy atom. The van der Waals surface area contributed by atoms with Gasteiger partial charge in [-0.3, -0.25) is 0 Å². The highest BCUT2D eigenvalue weighted by Gasteiger charge is 1.67. The molecule has 0 aliphatic heterocycles. The third kappa shape index (κ3) is 5.54. The number of thiocarbonyl (C=S) groups is 1. The van der Waals surface area contributed by atoms with Crippen LogP contribution in [-0.4, -0.2) is 5.16 Å². The summed E-state index contributed by atoms with van der Waals surface area (Å²) in [6.07, 6.45) is 5.87. The summed E-state index contributed by atoms with van der Waals surface area (Å²) in [5, 5.41) is 2.25. The Labute approximate surface area is 55.1 Å². The first kappa shape index (κ1) is 7.54. The Morgan fingerprint density at radius 1 is 1.75 bits per heavy atom. The van der Waals surface area contributed by atoms with Crippen LogP contribution in [0.5, 0.6) is 0 Å². The van der Waals surface area contributed by atoms with Gasteiger partial charge in [-0.15, -0.1) is 0 Å². The van der Waals surface area contributed by atoms with Gasteiger partial charge in [0.2, 0.25) is 0 Å². The van der Waals surface area contributed by atoms with Gasteiger partial charge in [0.05, 0.1) is 5.16 Å². The third-order valence-corrected chi connectivity index (χ3v) is 0.793. The van der Waals surface area contributed by atoms with Crippen molar-refractivity contribution in [1.29, 1.82) is 0 Å². The molecule has 0 rings (SSSR count). The van der Waals surface area contributed by atoms with Crippen LogP contribution in [0.15, 0.2) is 17.3 Å². The van der Waals surface area contributed by atoms with E-state index in [9.17, 15) is 0 Å². The molecule has 0 N–H and O–H groups in total. The molecule has 0 atom stereocenters. The topological polar surface area (TPSA) is 12.4 Å². The van der Waals surface area contributed by atoms with E-state index in [1.165, 1.54) is 0 Å². The molecule has 0 fully saturated rings. The lowest BCUT2D eigenvalue weighted by molar-refractivity contribution is 0.956. The molecule has 0 saturated carbocycles. The highest BCUT2D eigenvalue weighted by molar-refractivity contribution is 7.78. The summed E-state index contributed by atoms with van der Waals surface area (Å²) >= 11 is 4.33. The highest BCUT2D eigenvalue weighted by Crippen LogP contribution is 1.86. The number of unbranched alkanes of at least 4 members (excludes halogenated alkanes) is 1. The second-order valence-electron chi connectivity index (χ2n) is 1.39. The number of nitrogens with zero attached hydrogens (tertiary/aromatic N) is 1. The van der Waals surface area contributed by atoms with E-state index in [1.54, 1.807) is 6.20 Å². The molecule has 0 aliphatic carbocycles. The van der Waals surface area contributed by atoms with E-state index < -0.39 is 0 Å². The average Bonchev–Trinajstić information content (AvgIpc) is 1.81. The number of hydrogen-bond acceptors (Lipinski definition) is 2. The zero-order valence-electron chi connectivity index (χ0n) is 4.92. The standard InChI is InChI=1S/C6H9NS/c1-2-3-4-5-7-6-8/h4-5H,2-3H2,1H3. The van der Waals surface area contributed by atoms with Crippen molar-refractivity contribution < 1.29 is 0 Å². The number of rotatable bonds is 3. The maximum atomic E-state index is 4.33. The summed E-state index contributed by atoms with van der Waals surface area (Å²) in [6.45, 7) is 2.12. The van der Waals surface area contributed by atoms with Gasteiger partial charge in [-0.25, -0.2) is 4.99 Å². The molecule has 0 bridgehead atoms. The van der Waals surface area contributed by atoms with Crippen LogP contribution in [0.3, 0.4) is 0 Å². The van der Waals surface area contributed by atoms with E-state index in [-0.39, 0.29) is 0 Å². The van der Waals surface area contributed by atoms with Crippen molar-refractivity contribution in [3.05, 3.63) is 12.3 Å². The Kier molecular flexibility index (Phi) is 6.16. The van der Waals surface area contributed by atoms with Crippen molar-refractivity contribution in [3.8, 4) is 0 Å². The number of allylic oxidation sites excluding steroid dienone is 1. The highest BCUT2D eigenvalue weighted by atomic mass is 32.1. The SMILES string of the molecule is CCCC=CN=C=S. The van der Waals surface area contributed by atoms with Gasteiger partial charge in [-0.05, 0) is 18.6 Å². The molecule has 44 valence electrons. The van der Waals surface area contributed by atoms with Crippen LogP contribution in [0.2, 0.25) is 0 Å². The van der Waals surface area contributed by atoms with Crippen molar-refractivity contribution in [2.24, 2.45) is 4.99 Å². The van der Waals surface area contributed by atoms with E-state index in [1.807, 2.05) is 6.08 Å². The van der Waals surface area contributed by atoms with E-state index >= 15 is 0 Å². The fraction of sp³-hybridized carbons (Fsp3) is 0.500. The maximum Gasteiger partial charge on any atom is 0.0634 e. The smallest absolute Gasteiger partial charge is 0.0634 e. The molecule has 1 nitrogen and oxygen atoms in total. The van der Waals surface area contributed by atoms with Gasteiger partial charge in [0, 0.05) is 6.20 Å². The third-order valence-electron chi connectivity index (χ3n) is 0.688. The lowest BCUT2D eigenvalue weighted by Crippen LogP contribution is -1.57. The van der Waals surface area contributed by atoms with Gasteiger partial charge in [0.25, 0.3) is 0 Å². The monoisotopic (exact) mass is 127 g/mol. The molecule has 8 heavy (non-hydrogen) atoms. The lowest BCUT2D eigenvalue weighted by atomic mass is 10.3. The largest absolute Gasteiger partial charge is 0.203 e.